The molecule has 1 aliphatic rings. The molecule has 1 heterocycles. The molecule has 1 aromatic rings. The van der Waals surface area contributed by atoms with Gasteiger partial charge < -0.3 is 5.32 Å². The summed E-state index contributed by atoms with van der Waals surface area (Å²) in [4.78, 5) is 4.48. The predicted molar refractivity (Wildman–Crippen MR) is 85.4 cm³/mol. The molecule has 0 unspecified atom stereocenters. The number of hydrogen-bond donors (Lipinski definition) is 1. The second kappa shape index (κ2) is 6.15. The van der Waals surface area contributed by atoms with E-state index in [0.29, 0.717) is 18.8 Å². The van der Waals surface area contributed by atoms with E-state index < -0.39 is 10.0 Å². The monoisotopic (exact) mass is 309 g/mol. The van der Waals surface area contributed by atoms with Crippen LogP contribution in [0.3, 0.4) is 0 Å². The summed E-state index contributed by atoms with van der Waals surface area (Å²) in [5.74, 6) is 0. The maximum Gasteiger partial charge on any atom is 0.267 e. The first-order valence-electron chi connectivity index (χ1n) is 7.16. The SMILES string of the molecule is CC(C)(C)CCNCCN1C=Nc2ccccc2S1(=O)=O. The largest absolute Gasteiger partial charge is 0.315 e. The van der Waals surface area contributed by atoms with Crippen molar-refractivity contribution in [3.8, 4) is 0 Å². The van der Waals surface area contributed by atoms with E-state index in [9.17, 15) is 8.42 Å². The number of hydrogen-bond acceptors (Lipinski definition) is 4. The molecule has 0 aromatic heterocycles. The first-order valence-corrected chi connectivity index (χ1v) is 8.60. The Hall–Kier alpha value is -1.40. The minimum absolute atomic E-state index is 0.280. The standard InChI is InChI=1S/C15H23N3O2S/c1-15(2,3)8-9-16-10-11-18-12-17-13-6-4-5-7-14(13)21(18,19)20/h4-7,12,16H,8-11H2,1-3H3. The zero-order chi connectivity index (χ0) is 15.5. The molecule has 5 nitrogen and oxygen atoms in total. The number of rotatable bonds is 5. The lowest BCUT2D eigenvalue weighted by molar-refractivity contribution is 0.365. The molecular formula is C15H23N3O2S. The van der Waals surface area contributed by atoms with Gasteiger partial charge in [0.1, 0.15) is 11.2 Å². The quantitative estimate of drug-likeness (QED) is 0.849. The van der Waals surface area contributed by atoms with Gasteiger partial charge in [0.25, 0.3) is 10.0 Å². The van der Waals surface area contributed by atoms with Crippen molar-refractivity contribution in [1.82, 2.24) is 9.62 Å². The third-order valence-electron chi connectivity index (χ3n) is 3.34. The highest BCUT2D eigenvalue weighted by Crippen LogP contribution is 2.29. The molecule has 6 heteroatoms. The fourth-order valence-electron chi connectivity index (χ4n) is 2.05. The van der Waals surface area contributed by atoms with Crippen LogP contribution < -0.4 is 5.32 Å². The highest BCUT2D eigenvalue weighted by molar-refractivity contribution is 7.89. The van der Waals surface area contributed by atoms with E-state index in [2.05, 4.69) is 31.1 Å². The summed E-state index contributed by atoms with van der Waals surface area (Å²) in [6.45, 7) is 8.45. The lowest BCUT2D eigenvalue weighted by Gasteiger charge is -2.24. The molecule has 0 fully saturated rings. The van der Waals surface area contributed by atoms with Crippen molar-refractivity contribution in [3.63, 3.8) is 0 Å². The average Bonchev–Trinajstić information content (AvgIpc) is 2.39. The minimum Gasteiger partial charge on any atom is -0.315 e. The number of aliphatic imine (C=N–C) groups is 1. The number of benzene rings is 1. The molecule has 0 saturated heterocycles. The summed E-state index contributed by atoms with van der Waals surface area (Å²) < 4.78 is 26.2. The van der Waals surface area contributed by atoms with Gasteiger partial charge in [-0.05, 0) is 30.5 Å². The van der Waals surface area contributed by atoms with Crippen LogP contribution in [-0.2, 0) is 10.0 Å². The van der Waals surface area contributed by atoms with Crippen LogP contribution in [0.15, 0.2) is 34.2 Å². The molecule has 21 heavy (non-hydrogen) atoms. The third kappa shape index (κ3) is 4.04. The molecule has 0 amide bonds. The van der Waals surface area contributed by atoms with Crippen molar-refractivity contribution in [3.05, 3.63) is 24.3 Å². The van der Waals surface area contributed by atoms with Crippen LogP contribution in [0, 0.1) is 5.41 Å². The third-order valence-corrected chi connectivity index (χ3v) is 5.13. The lowest BCUT2D eigenvalue weighted by Crippen LogP contribution is -2.37. The number of nitrogens with zero attached hydrogens (tertiary/aromatic N) is 2. The van der Waals surface area contributed by atoms with Gasteiger partial charge in [-0.1, -0.05) is 32.9 Å². The van der Waals surface area contributed by atoms with Gasteiger partial charge in [-0.15, -0.1) is 0 Å². The van der Waals surface area contributed by atoms with Gasteiger partial charge >= 0.3 is 0 Å². The molecule has 0 spiro atoms. The second-order valence-corrected chi connectivity index (χ2v) is 8.25. The predicted octanol–water partition coefficient (Wildman–Crippen LogP) is 2.38. The molecule has 0 saturated carbocycles. The molecule has 2 rings (SSSR count). The summed E-state index contributed by atoms with van der Waals surface area (Å²) in [6, 6.07) is 6.82. The summed E-state index contributed by atoms with van der Waals surface area (Å²) in [7, 11) is -3.45. The molecule has 0 radical (unpaired) electrons. The Bertz CT molecular complexity index is 618. The highest BCUT2D eigenvalue weighted by atomic mass is 32.2. The normalized spacial score (nSPS) is 16.8. The van der Waals surface area contributed by atoms with Gasteiger partial charge in [0, 0.05) is 13.1 Å². The summed E-state index contributed by atoms with van der Waals surface area (Å²) in [6.07, 6.45) is 2.46. The van der Waals surface area contributed by atoms with Gasteiger partial charge in [-0.25, -0.2) is 13.4 Å². The highest BCUT2D eigenvalue weighted by Gasteiger charge is 2.27. The maximum atomic E-state index is 12.4. The Morgan fingerprint density at radius 3 is 2.62 bits per heavy atom. The molecule has 1 aromatic carbocycles. The Morgan fingerprint density at radius 2 is 1.90 bits per heavy atom. The molecule has 1 aliphatic heterocycles. The number of fused-ring (bicyclic) bond motifs is 1. The van der Waals surface area contributed by atoms with Crippen molar-refractivity contribution in [2.75, 3.05) is 19.6 Å². The first kappa shape index (κ1) is 16.0. The molecule has 1 N–H and O–H groups in total. The van der Waals surface area contributed by atoms with E-state index in [1.54, 1.807) is 24.3 Å². The van der Waals surface area contributed by atoms with Crippen molar-refractivity contribution in [2.45, 2.75) is 32.1 Å². The van der Waals surface area contributed by atoms with Gasteiger partial charge in [0.15, 0.2) is 0 Å². The van der Waals surface area contributed by atoms with Gasteiger partial charge in [-0.3, -0.25) is 4.31 Å². The molecule has 0 atom stereocenters. The number of sulfonamides is 1. The zero-order valence-electron chi connectivity index (χ0n) is 12.8. The second-order valence-electron chi connectivity index (χ2n) is 6.39. The van der Waals surface area contributed by atoms with E-state index in [-0.39, 0.29) is 10.3 Å². The smallest absolute Gasteiger partial charge is 0.267 e. The van der Waals surface area contributed by atoms with Crippen LogP contribution in [0.25, 0.3) is 0 Å². The van der Waals surface area contributed by atoms with E-state index in [1.807, 2.05) is 0 Å². The minimum atomic E-state index is -3.45. The van der Waals surface area contributed by atoms with Crippen molar-refractivity contribution < 1.29 is 8.42 Å². The van der Waals surface area contributed by atoms with Crippen LogP contribution in [0.1, 0.15) is 27.2 Å². The van der Waals surface area contributed by atoms with Crippen LogP contribution in [0.2, 0.25) is 0 Å². The van der Waals surface area contributed by atoms with Gasteiger partial charge in [0.05, 0.1) is 5.69 Å². The first-order chi connectivity index (χ1) is 9.81. The van der Waals surface area contributed by atoms with E-state index in [4.69, 9.17) is 0 Å². The van der Waals surface area contributed by atoms with E-state index in [0.717, 1.165) is 13.0 Å². The van der Waals surface area contributed by atoms with Gasteiger partial charge in [0.2, 0.25) is 0 Å². The number of para-hydroxylation sites is 1. The fraction of sp³-hybridized carbons (Fsp3) is 0.533. The molecule has 0 bridgehead atoms. The Morgan fingerprint density at radius 1 is 1.19 bits per heavy atom. The Labute approximate surface area is 127 Å². The Kier molecular flexibility index (Phi) is 4.68. The topological polar surface area (TPSA) is 61.8 Å². The van der Waals surface area contributed by atoms with Gasteiger partial charge in [-0.2, -0.15) is 0 Å². The van der Waals surface area contributed by atoms with Crippen molar-refractivity contribution in [2.24, 2.45) is 10.4 Å². The fourth-order valence-corrected chi connectivity index (χ4v) is 3.44. The van der Waals surface area contributed by atoms with Crippen molar-refractivity contribution >= 4 is 22.0 Å². The summed E-state index contributed by atoms with van der Waals surface area (Å²) in [5.41, 5.74) is 0.791. The van der Waals surface area contributed by atoms with E-state index >= 15 is 0 Å². The molecule has 0 aliphatic carbocycles. The van der Waals surface area contributed by atoms with Crippen LogP contribution >= 0.6 is 0 Å². The zero-order valence-corrected chi connectivity index (χ0v) is 13.7. The van der Waals surface area contributed by atoms with E-state index in [1.165, 1.54) is 10.6 Å². The average molecular weight is 309 g/mol. The van der Waals surface area contributed by atoms with Crippen LogP contribution in [0.4, 0.5) is 5.69 Å². The molecular weight excluding hydrogens is 286 g/mol. The van der Waals surface area contributed by atoms with Crippen LogP contribution in [0.5, 0.6) is 0 Å². The lowest BCUT2D eigenvalue weighted by atomic mass is 9.92. The summed E-state index contributed by atoms with van der Waals surface area (Å²) in [5, 5.41) is 3.28. The Balaban J connectivity index is 1.92. The number of nitrogens with one attached hydrogen (secondary N) is 1. The summed E-state index contributed by atoms with van der Waals surface area (Å²) >= 11 is 0. The maximum absolute atomic E-state index is 12.4. The van der Waals surface area contributed by atoms with Crippen LogP contribution in [-0.4, -0.2) is 38.7 Å². The molecule has 116 valence electrons. The van der Waals surface area contributed by atoms with Crippen molar-refractivity contribution in [1.29, 1.82) is 0 Å².